The van der Waals surface area contributed by atoms with E-state index in [-0.39, 0.29) is 0 Å². The predicted octanol–water partition coefficient (Wildman–Crippen LogP) is 16.3. The SMILES string of the molecule is CCCCCCCCCCCCCCCCCCC(O)(CCCCCCCCCCCCCCCCCC)c1ccc2ccccc2c1. The molecule has 0 unspecified atom stereocenters. The summed E-state index contributed by atoms with van der Waals surface area (Å²) in [6, 6.07) is 15.3. The van der Waals surface area contributed by atoms with Crippen LogP contribution >= 0.6 is 0 Å². The van der Waals surface area contributed by atoms with Crippen LogP contribution in [0.4, 0.5) is 0 Å². The fraction of sp³-hybridized carbons (Fsp3) is 0.787. The largest absolute Gasteiger partial charge is 0.385 e. The summed E-state index contributed by atoms with van der Waals surface area (Å²) in [7, 11) is 0. The molecule has 1 N–H and O–H groups in total. The Kier molecular flexibility index (Phi) is 27.2. The highest BCUT2D eigenvalue weighted by molar-refractivity contribution is 5.83. The number of benzene rings is 2. The van der Waals surface area contributed by atoms with Crippen molar-refractivity contribution in [2.75, 3.05) is 0 Å². The van der Waals surface area contributed by atoms with Gasteiger partial charge in [-0.1, -0.05) is 256 Å². The van der Waals surface area contributed by atoms with E-state index in [1.165, 1.54) is 203 Å². The molecular formula is C47H82O. The highest BCUT2D eigenvalue weighted by atomic mass is 16.3. The fourth-order valence-corrected chi connectivity index (χ4v) is 7.82. The van der Waals surface area contributed by atoms with E-state index in [2.05, 4.69) is 56.3 Å². The summed E-state index contributed by atoms with van der Waals surface area (Å²) >= 11 is 0. The van der Waals surface area contributed by atoms with E-state index in [1.54, 1.807) is 0 Å². The highest BCUT2D eigenvalue weighted by Crippen LogP contribution is 2.35. The zero-order valence-electron chi connectivity index (χ0n) is 32.5. The Morgan fingerprint density at radius 2 is 0.646 bits per heavy atom. The van der Waals surface area contributed by atoms with Crippen LogP contribution in [0.25, 0.3) is 10.8 Å². The lowest BCUT2D eigenvalue weighted by Gasteiger charge is -2.29. The van der Waals surface area contributed by atoms with Gasteiger partial charge in [-0.3, -0.25) is 0 Å². The monoisotopic (exact) mass is 663 g/mol. The van der Waals surface area contributed by atoms with E-state index in [0.29, 0.717) is 0 Å². The number of unbranched alkanes of at least 4 members (excludes halogenated alkanes) is 30. The van der Waals surface area contributed by atoms with E-state index >= 15 is 0 Å². The maximum absolute atomic E-state index is 12.1. The maximum atomic E-state index is 12.1. The molecule has 0 spiro atoms. The van der Waals surface area contributed by atoms with Crippen molar-refractivity contribution in [2.45, 2.75) is 238 Å². The van der Waals surface area contributed by atoms with Gasteiger partial charge in [0.05, 0.1) is 5.60 Å². The summed E-state index contributed by atoms with van der Waals surface area (Å²) in [6.07, 6.45) is 46.3. The molecule has 276 valence electrons. The van der Waals surface area contributed by atoms with Crippen LogP contribution in [0, 0.1) is 0 Å². The van der Waals surface area contributed by atoms with Gasteiger partial charge in [0.1, 0.15) is 0 Å². The lowest BCUT2D eigenvalue weighted by atomic mass is 9.82. The Morgan fingerprint density at radius 1 is 0.354 bits per heavy atom. The minimum absolute atomic E-state index is 0.684. The molecule has 2 aromatic rings. The average Bonchev–Trinajstić information content (AvgIpc) is 3.11. The Morgan fingerprint density at radius 3 is 0.979 bits per heavy atom. The normalized spacial score (nSPS) is 12.0. The zero-order valence-corrected chi connectivity index (χ0v) is 32.5. The summed E-state index contributed by atoms with van der Waals surface area (Å²) in [5.41, 5.74) is 0.457. The molecule has 0 saturated carbocycles. The van der Waals surface area contributed by atoms with Crippen molar-refractivity contribution in [3.8, 4) is 0 Å². The van der Waals surface area contributed by atoms with Crippen LogP contribution in [-0.4, -0.2) is 5.11 Å². The Labute approximate surface area is 300 Å². The van der Waals surface area contributed by atoms with Crippen LogP contribution < -0.4 is 0 Å². The average molecular weight is 663 g/mol. The molecular weight excluding hydrogens is 581 g/mol. The van der Waals surface area contributed by atoms with Crippen LogP contribution in [0.15, 0.2) is 42.5 Å². The van der Waals surface area contributed by atoms with Crippen molar-refractivity contribution in [3.63, 3.8) is 0 Å². The first-order valence-electron chi connectivity index (χ1n) is 21.9. The predicted molar refractivity (Wildman–Crippen MR) is 216 cm³/mol. The molecule has 0 aliphatic rings. The van der Waals surface area contributed by atoms with Crippen LogP contribution in [0.1, 0.15) is 238 Å². The first kappa shape index (κ1) is 42.8. The van der Waals surface area contributed by atoms with Gasteiger partial charge >= 0.3 is 0 Å². The second-order valence-electron chi connectivity index (χ2n) is 15.7. The Balaban J connectivity index is 1.57. The van der Waals surface area contributed by atoms with Crippen molar-refractivity contribution in [2.24, 2.45) is 0 Å². The first-order valence-corrected chi connectivity index (χ1v) is 21.9. The van der Waals surface area contributed by atoms with E-state index < -0.39 is 5.60 Å². The third-order valence-corrected chi connectivity index (χ3v) is 11.2. The first-order chi connectivity index (χ1) is 23.7. The lowest BCUT2D eigenvalue weighted by Crippen LogP contribution is -2.25. The second-order valence-corrected chi connectivity index (χ2v) is 15.7. The zero-order chi connectivity index (χ0) is 34.2. The van der Waals surface area contributed by atoms with Gasteiger partial charge in [-0.15, -0.1) is 0 Å². The molecule has 0 aliphatic carbocycles. The van der Waals surface area contributed by atoms with Crippen molar-refractivity contribution >= 4 is 10.8 Å². The van der Waals surface area contributed by atoms with Crippen molar-refractivity contribution in [1.82, 2.24) is 0 Å². The minimum atomic E-state index is -0.684. The maximum Gasteiger partial charge on any atom is 0.0896 e. The van der Waals surface area contributed by atoms with E-state index in [4.69, 9.17) is 0 Å². The van der Waals surface area contributed by atoms with Crippen LogP contribution in [0.2, 0.25) is 0 Å². The number of aliphatic hydroxyl groups is 1. The number of hydrogen-bond donors (Lipinski definition) is 1. The number of rotatable bonds is 35. The molecule has 0 atom stereocenters. The van der Waals surface area contributed by atoms with Crippen LogP contribution in [0.3, 0.4) is 0 Å². The molecule has 2 aromatic carbocycles. The van der Waals surface area contributed by atoms with E-state index in [1.807, 2.05) is 0 Å². The van der Waals surface area contributed by atoms with E-state index in [0.717, 1.165) is 31.2 Å². The molecule has 1 heteroatoms. The topological polar surface area (TPSA) is 20.2 Å². The lowest BCUT2D eigenvalue weighted by molar-refractivity contribution is 0.0133. The molecule has 2 rings (SSSR count). The van der Waals surface area contributed by atoms with Gasteiger partial charge in [0.15, 0.2) is 0 Å². The summed E-state index contributed by atoms with van der Waals surface area (Å²) < 4.78 is 0. The van der Waals surface area contributed by atoms with Gasteiger partial charge in [0.2, 0.25) is 0 Å². The molecule has 1 nitrogen and oxygen atoms in total. The third kappa shape index (κ3) is 21.7. The molecule has 0 radical (unpaired) electrons. The second kappa shape index (κ2) is 30.5. The fourth-order valence-electron chi connectivity index (χ4n) is 7.82. The standard InChI is InChI=1S/C47H82O/c1-3-5-7-9-11-13-15-17-19-21-23-25-27-29-31-35-41-47(48,46-40-39-44-37-33-34-38-45(44)43-46)42-36-32-30-28-26-24-22-20-18-16-14-12-10-8-6-4-2/h33-34,37-40,43,48H,3-32,35-36,41-42H2,1-2H3. The number of fused-ring (bicyclic) bond motifs is 1. The molecule has 0 bridgehead atoms. The molecule has 0 aliphatic heterocycles. The van der Waals surface area contributed by atoms with Gasteiger partial charge in [-0.2, -0.15) is 0 Å². The Hall–Kier alpha value is -1.34. The van der Waals surface area contributed by atoms with Crippen molar-refractivity contribution < 1.29 is 5.11 Å². The van der Waals surface area contributed by atoms with Crippen LogP contribution in [-0.2, 0) is 5.60 Å². The van der Waals surface area contributed by atoms with Gasteiger partial charge in [0, 0.05) is 0 Å². The molecule has 0 saturated heterocycles. The Bertz CT molecular complexity index is 926. The number of hydrogen-bond acceptors (Lipinski definition) is 1. The summed E-state index contributed by atoms with van der Waals surface area (Å²) in [6.45, 7) is 4.60. The van der Waals surface area contributed by atoms with Gasteiger partial charge in [-0.05, 0) is 35.2 Å². The molecule has 48 heavy (non-hydrogen) atoms. The van der Waals surface area contributed by atoms with Gasteiger partial charge < -0.3 is 5.11 Å². The molecule has 0 aromatic heterocycles. The third-order valence-electron chi connectivity index (χ3n) is 11.2. The minimum Gasteiger partial charge on any atom is -0.385 e. The van der Waals surface area contributed by atoms with Crippen LogP contribution in [0.5, 0.6) is 0 Å². The van der Waals surface area contributed by atoms with Crippen molar-refractivity contribution in [1.29, 1.82) is 0 Å². The van der Waals surface area contributed by atoms with E-state index in [9.17, 15) is 5.11 Å². The van der Waals surface area contributed by atoms with Gasteiger partial charge in [0.25, 0.3) is 0 Å². The van der Waals surface area contributed by atoms with Gasteiger partial charge in [-0.25, -0.2) is 0 Å². The summed E-state index contributed by atoms with van der Waals surface area (Å²) in [5.74, 6) is 0. The van der Waals surface area contributed by atoms with Crippen molar-refractivity contribution in [3.05, 3.63) is 48.0 Å². The quantitative estimate of drug-likeness (QED) is 0.0728. The molecule has 0 fully saturated rings. The smallest absolute Gasteiger partial charge is 0.0896 e. The summed E-state index contributed by atoms with van der Waals surface area (Å²) in [5, 5.41) is 14.6. The molecule has 0 amide bonds. The highest BCUT2D eigenvalue weighted by Gasteiger charge is 2.28. The summed E-state index contributed by atoms with van der Waals surface area (Å²) in [4.78, 5) is 0. The molecule has 0 heterocycles.